The number of nitrogens with one attached hydrogen (secondary N) is 2. The summed E-state index contributed by atoms with van der Waals surface area (Å²) in [4.78, 5) is 21.1. The largest absolute Gasteiger partial charge is 0.390 e. The first-order valence-electron chi connectivity index (χ1n) is 5.74. The van der Waals surface area contributed by atoms with Crippen molar-refractivity contribution in [3.8, 4) is 0 Å². The quantitative estimate of drug-likeness (QED) is 0.426. The Morgan fingerprint density at radius 2 is 2.37 bits per heavy atom. The third-order valence-corrected chi connectivity index (χ3v) is 2.53. The molecule has 0 fully saturated rings. The fraction of sp³-hybridized carbons (Fsp3) is 0.600. The summed E-state index contributed by atoms with van der Waals surface area (Å²) < 4.78 is 1.29. The van der Waals surface area contributed by atoms with Crippen LogP contribution in [0.1, 0.15) is 6.92 Å². The van der Waals surface area contributed by atoms with E-state index in [2.05, 4.69) is 15.7 Å². The van der Waals surface area contributed by atoms with Gasteiger partial charge in [0.25, 0.3) is 0 Å². The van der Waals surface area contributed by atoms with Crippen molar-refractivity contribution in [1.82, 2.24) is 20.4 Å². The molecule has 2 unspecified atom stereocenters. The molecule has 9 heteroatoms. The van der Waals surface area contributed by atoms with E-state index in [9.17, 15) is 20.0 Å². The minimum Gasteiger partial charge on any atom is -0.390 e. The fourth-order valence-corrected chi connectivity index (χ4v) is 1.45. The molecule has 0 radical (unpaired) electrons. The van der Waals surface area contributed by atoms with Gasteiger partial charge < -0.3 is 15.7 Å². The maximum absolute atomic E-state index is 11.2. The minimum atomic E-state index is -0.799. The molecule has 1 rings (SSSR count). The summed E-state index contributed by atoms with van der Waals surface area (Å²) in [6.45, 7) is 1.97. The zero-order chi connectivity index (χ0) is 14.4. The van der Waals surface area contributed by atoms with Crippen molar-refractivity contribution < 1.29 is 14.8 Å². The Morgan fingerprint density at radius 1 is 1.68 bits per heavy atom. The van der Waals surface area contributed by atoms with Crippen molar-refractivity contribution in [2.75, 3.05) is 13.6 Å². The number of aliphatic hydroxyl groups excluding tert-OH is 1. The molecule has 1 aromatic heterocycles. The van der Waals surface area contributed by atoms with Gasteiger partial charge in [0.05, 0.1) is 23.6 Å². The van der Waals surface area contributed by atoms with Crippen molar-refractivity contribution in [2.24, 2.45) is 0 Å². The monoisotopic (exact) mass is 271 g/mol. The van der Waals surface area contributed by atoms with Crippen LogP contribution in [0.2, 0.25) is 0 Å². The highest BCUT2D eigenvalue weighted by Crippen LogP contribution is 2.07. The molecule has 1 heterocycles. The molecule has 3 N–H and O–H groups in total. The van der Waals surface area contributed by atoms with E-state index in [-0.39, 0.29) is 24.7 Å². The van der Waals surface area contributed by atoms with Crippen molar-refractivity contribution >= 4 is 11.6 Å². The number of carbonyl (C=O) groups is 1. The SMILES string of the molecule is CNC(=O)C(C)NCC(O)Cn1cc([N+](=O)[O-])cn1. The molecule has 9 nitrogen and oxygen atoms in total. The Morgan fingerprint density at radius 3 is 2.89 bits per heavy atom. The summed E-state index contributed by atoms with van der Waals surface area (Å²) in [5.74, 6) is -0.179. The van der Waals surface area contributed by atoms with E-state index in [0.29, 0.717) is 0 Å². The van der Waals surface area contributed by atoms with Crippen LogP contribution in [0.4, 0.5) is 5.69 Å². The summed E-state index contributed by atoms with van der Waals surface area (Å²) in [6, 6.07) is -0.424. The van der Waals surface area contributed by atoms with E-state index in [0.717, 1.165) is 6.20 Å². The van der Waals surface area contributed by atoms with Crippen molar-refractivity contribution in [3.05, 3.63) is 22.5 Å². The van der Waals surface area contributed by atoms with Crippen LogP contribution in [0.5, 0.6) is 0 Å². The zero-order valence-corrected chi connectivity index (χ0v) is 10.7. The first-order chi connectivity index (χ1) is 8.93. The Labute approximate surface area is 109 Å². The number of likely N-dealkylation sites (N-methyl/N-ethyl adjacent to an activating group) is 1. The summed E-state index contributed by atoms with van der Waals surface area (Å²) >= 11 is 0. The molecule has 0 aromatic carbocycles. The Kier molecular flexibility index (Phi) is 5.39. The standard InChI is InChI=1S/C10H17N5O4/c1-7(10(17)11-2)12-4-9(16)6-14-5-8(3-13-14)15(18)19/h3,5,7,9,12,16H,4,6H2,1-2H3,(H,11,17). The topological polar surface area (TPSA) is 122 Å². The van der Waals surface area contributed by atoms with Gasteiger partial charge in [-0.2, -0.15) is 5.10 Å². The molecular formula is C10H17N5O4. The van der Waals surface area contributed by atoms with Gasteiger partial charge in [0.2, 0.25) is 5.91 Å². The van der Waals surface area contributed by atoms with E-state index in [1.807, 2.05) is 0 Å². The molecule has 0 aliphatic carbocycles. The number of nitrogens with zero attached hydrogens (tertiary/aromatic N) is 3. The maximum Gasteiger partial charge on any atom is 0.306 e. The molecule has 0 aliphatic rings. The molecule has 2 atom stereocenters. The average molecular weight is 271 g/mol. The van der Waals surface area contributed by atoms with Crippen molar-refractivity contribution in [2.45, 2.75) is 25.6 Å². The lowest BCUT2D eigenvalue weighted by Crippen LogP contribution is -2.44. The average Bonchev–Trinajstić information content (AvgIpc) is 2.83. The van der Waals surface area contributed by atoms with Gasteiger partial charge in [0.15, 0.2) is 0 Å². The Balaban J connectivity index is 2.40. The number of rotatable bonds is 7. The molecule has 1 aromatic rings. The second-order valence-electron chi connectivity index (χ2n) is 4.08. The predicted molar refractivity (Wildman–Crippen MR) is 66.4 cm³/mol. The fourth-order valence-electron chi connectivity index (χ4n) is 1.45. The molecule has 106 valence electrons. The van der Waals surface area contributed by atoms with Crippen LogP contribution < -0.4 is 10.6 Å². The molecule has 0 saturated carbocycles. The summed E-state index contributed by atoms with van der Waals surface area (Å²) in [5.41, 5.74) is -0.126. The number of carbonyl (C=O) groups excluding carboxylic acids is 1. The van der Waals surface area contributed by atoms with Crippen LogP contribution in [0.15, 0.2) is 12.4 Å². The number of nitro groups is 1. The zero-order valence-electron chi connectivity index (χ0n) is 10.7. The van der Waals surface area contributed by atoms with Gasteiger partial charge in [0, 0.05) is 13.6 Å². The smallest absolute Gasteiger partial charge is 0.306 e. The lowest BCUT2D eigenvalue weighted by molar-refractivity contribution is -0.385. The first kappa shape index (κ1) is 15.1. The van der Waals surface area contributed by atoms with Crippen LogP contribution in [-0.2, 0) is 11.3 Å². The number of amides is 1. The number of aromatic nitrogens is 2. The summed E-state index contributed by atoms with van der Waals surface area (Å²) in [5, 5.41) is 29.3. The van der Waals surface area contributed by atoms with Crippen LogP contribution in [0.3, 0.4) is 0 Å². The molecular weight excluding hydrogens is 254 g/mol. The lowest BCUT2D eigenvalue weighted by atomic mass is 10.3. The van der Waals surface area contributed by atoms with Gasteiger partial charge in [-0.15, -0.1) is 0 Å². The first-order valence-corrected chi connectivity index (χ1v) is 5.74. The molecule has 19 heavy (non-hydrogen) atoms. The van der Waals surface area contributed by atoms with Gasteiger partial charge in [-0.25, -0.2) is 0 Å². The molecule has 0 saturated heterocycles. The highest BCUT2D eigenvalue weighted by Gasteiger charge is 2.14. The minimum absolute atomic E-state index is 0.112. The lowest BCUT2D eigenvalue weighted by Gasteiger charge is -2.15. The van der Waals surface area contributed by atoms with Crippen LogP contribution >= 0.6 is 0 Å². The van der Waals surface area contributed by atoms with Crippen LogP contribution in [-0.4, -0.2) is 51.5 Å². The van der Waals surface area contributed by atoms with E-state index < -0.39 is 17.1 Å². The van der Waals surface area contributed by atoms with Gasteiger partial charge in [-0.3, -0.25) is 19.6 Å². The number of hydrogen-bond acceptors (Lipinski definition) is 6. The van der Waals surface area contributed by atoms with E-state index in [1.165, 1.54) is 17.9 Å². The van der Waals surface area contributed by atoms with Gasteiger partial charge >= 0.3 is 5.69 Å². The van der Waals surface area contributed by atoms with Crippen molar-refractivity contribution in [3.63, 3.8) is 0 Å². The van der Waals surface area contributed by atoms with Gasteiger partial charge in [-0.05, 0) is 6.92 Å². The Bertz CT molecular complexity index is 447. The number of aliphatic hydroxyl groups is 1. The van der Waals surface area contributed by atoms with E-state index in [4.69, 9.17) is 0 Å². The van der Waals surface area contributed by atoms with Crippen LogP contribution in [0.25, 0.3) is 0 Å². The summed E-state index contributed by atoms with van der Waals surface area (Å²) in [7, 11) is 1.53. The number of hydrogen-bond donors (Lipinski definition) is 3. The Hall–Kier alpha value is -2.00. The summed E-state index contributed by atoms with van der Waals surface area (Å²) in [6.07, 6.45) is 1.56. The molecule has 0 aliphatic heterocycles. The molecule has 0 bridgehead atoms. The molecule has 0 spiro atoms. The van der Waals surface area contributed by atoms with Crippen LogP contribution in [0, 0.1) is 10.1 Å². The second-order valence-corrected chi connectivity index (χ2v) is 4.08. The van der Waals surface area contributed by atoms with E-state index >= 15 is 0 Å². The van der Waals surface area contributed by atoms with E-state index in [1.54, 1.807) is 6.92 Å². The highest BCUT2D eigenvalue weighted by molar-refractivity contribution is 5.80. The molecule has 1 amide bonds. The third kappa shape index (κ3) is 4.64. The van der Waals surface area contributed by atoms with Gasteiger partial charge in [0.1, 0.15) is 12.4 Å². The normalized spacial score (nSPS) is 13.8. The second kappa shape index (κ2) is 6.81. The predicted octanol–water partition coefficient (Wildman–Crippen LogP) is -1.12. The third-order valence-electron chi connectivity index (χ3n) is 2.53. The van der Waals surface area contributed by atoms with Crippen molar-refractivity contribution in [1.29, 1.82) is 0 Å². The highest BCUT2D eigenvalue weighted by atomic mass is 16.6. The maximum atomic E-state index is 11.2. The van der Waals surface area contributed by atoms with Gasteiger partial charge in [-0.1, -0.05) is 0 Å².